The molecule has 0 N–H and O–H groups in total. The maximum Gasteiger partial charge on any atom is 0.252 e. The van der Waals surface area contributed by atoms with Crippen molar-refractivity contribution >= 4 is 89.5 Å². The van der Waals surface area contributed by atoms with Gasteiger partial charge in [0.2, 0.25) is 0 Å². The third-order valence-electron chi connectivity index (χ3n) is 11.0. The Morgan fingerprint density at radius 1 is 0.294 bits per heavy atom. The third-order valence-corrected chi connectivity index (χ3v) is 11.0. The first-order chi connectivity index (χ1) is 25.4. The van der Waals surface area contributed by atoms with Gasteiger partial charge in [0.05, 0.1) is 5.69 Å². The fraction of sp³-hybridized carbons (Fsp3) is 0. The van der Waals surface area contributed by atoms with Crippen LogP contribution in [0.15, 0.2) is 188 Å². The van der Waals surface area contributed by atoms with Crippen molar-refractivity contribution in [2.24, 2.45) is 0 Å². The van der Waals surface area contributed by atoms with Gasteiger partial charge in [-0.3, -0.25) is 0 Å². The Morgan fingerprint density at radius 2 is 0.725 bits per heavy atom. The maximum atomic E-state index is 2.53. The molecule has 9 aromatic carbocycles. The summed E-state index contributed by atoms with van der Waals surface area (Å²) in [5.41, 5.74) is 13.7. The lowest BCUT2D eigenvalue weighted by Crippen LogP contribution is -2.61. The third kappa shape index (κ3) is 4.00. The topological polar surface area (TPSA) is 6.48 Å². The van der Waals surface area contributed by atoms with Gasteiger partial charge in [-0.05, 0) is 96.7 Å². The van der Waals surface area contributed by atoms with Crippen LogP contribution in [0.4, 0.5) is 34.1 Å². The van der Waals surface area contributed by atoms with E-state index in [1.807, 2.05) is 0 Å². The van der Waals surface area contributed by atoms with Crippen LogP contribution in [-0.2, 0) is 0 Å². The van der Waals surface area contributed by atoms with E-state index in [0.29, 0.717) is 0 Å². The lowest BCUT2D eigenvalue weighted by Gasteiger charge is -2.44. The molecule has 0 fully saturated rings. The molecule has 3 heteroatoms. The number of hydrogen-bond donors (Lipinski definition) is 0. The van der Waals surface area contributed by atoms with Crippen molar-refractivity contribution < 1.29 is 0 Å². The predicted octanol–water partition coefficient (Wildman–Crippen LogP) is 10.9. The zero-order valence-corrected chi connectivity index (χ0v) is 27.9. The summed E-state index contributed by atoms with van der Waals surface area (Å²) in [7, 11) is 0. The standard InChI is InChI=1S/C48H31BN2/c1-2-16-32(17-3-1)50-43-28-12-9-25-40(43)49-41-26-10-13-29-44(41)51(46-31-15-30-45(50)48(46)49)42-27-11-8-21-36(42)39-24-14-23-38-35-19-5-4-18-33(35)34-20-6-7-22-37(34)47(38)39/h1-31H. The number of fused-ring (bicyclic) bond motifs is 10. The van der Waals surface area contributed by atoms with E-state index in [1.165, 1.54) is 88.3 Å². The van der Waals surface area contributed by atoms with Crippen molar-refractivity contribution in [1.29, 1.82) is 0 Å². The van der Waals surface area contributed by atoms with Crippen LogP contribution in [0, 0.1) is 0 Å². The van der Waals surface area contributed by atoms with Crippen LogP contribution in [-0.4, -0.2) is 6.71 Å². The molecule has 0 aromatic heterocycles. The Kier molecular flexibility index (Phi) is 6.08. The van der Waals surface area contributed by atoms with Gasteiger partial charge in [-0.15, -0.1) is 0 Å². The Bertz CT molecular complexity index is 2800. The summed E-state index contributed by atoms with van der Waals surface area (Å²) >= 11 is 0. The lowest BCUT2D eigenvalue weighted by molar-refractivity contribution is 1.25. The maximum absolute atomic E-state index is 2.53. The number of anilines is 6. The Balaban J connectivity index is 1.21. The van der Waals surface area contributed by atoms with Crippen LogP contribution in [0.3, 0.4) is 0 Å². The van der Waals surface area contributed by atoms with Gasteiger partial charge in [0.25, 0.3) is 6.71 Å². The molecule has 2 aliphatic heterocycles. The molecule has 2 heterocycles. The zero-order valence-electron chi connectivity index (χ0n) is 27.9. The molecule has 11 rings (SSSR count). The molecule has 2 nitrogen and oxygen atoms in total. The first-order valence-electron chi connectivity index (χ1n) is 17.7. The minimum Gasteiger partial charge on any atom is -0.311 e. The molecule has 236 valence electrons. The van der Waals surface area contributed by atoms with Crippen LogP contribution in [0.25, 0.3) is 43.4 Å². The van der Waals surface area contributed by atoms with E-state index in [9.17, 15) is 0 Å². The van der Waals surface area contributed by atoms with Gasteiger partial charge < -0.3 is 9.80 Å². The van der Waals surface area contributed by atoms with Crippen LogP contribution >= 0.6 is 0 Å². The highest BCUT2D eigenvalue weighted by Crippen LogP contribution is 2.48. The van der Waals surface area contributed by atoms with Crippen molar-refractivity contribution in [3.05, 3.63) is 188 Å². The minimum absolute atomic E-state index is 0.111. The fourth-order valence-corrected chi connectivity index (χ4v) is 9.03. The van der Waals surface area contributed by atoms with Crippen molar-refractivity contribution in [2.45, 2.75) is 0 Å². The summed E-state index contributed by atoms with van der Waals surface area (Å²) in [6, 6.07) is 69.2. The quantitative estimate of drug-likeness (QED) is 0.139. The summed E-state index contributed by atoms with van der Waals surface area (Å²) in [6.07, 6.45) is 0. The van der Waals surface area contributed by atoms with Gasteiger partial charge in [0.1, 0.15) is 0 Å². The van der Waals surface area contributed by atoms with Gasteiger partial charge in [-0.1, -0.05) is 146 Å². The highest BCUT2D eigenvalue weighted by atomic mass is 15.2. The summed E-state index contributed by atoms with van der Waals surface area (Å²) < 4.78 is 0. The van der Waals surface area contributed by atoms with E-state index < -0.39 is 0 Å². The van der Waals surface area contributed by atoms with E-state index in [2.05, 4.69) is 198 Å². The SMILES string of the molecule is c1ccc(N2c3ccccc3B3c4ccccc4N(c4ccccc4-c4cccc5c6ccccc6c6ccccc6c45)c4cccc2c43)cc1. The monoisotopic (exact) mass is 646 g/mol. The van der Waals surface area contributed by atoms with Crippen LogP contribution in [0.5, 0.6) is 0 Å². The van der Waals surface area contributed by atoms with Gasteiger partial charge in [-0.2, -0.15) is 0 Å². The molecule has 0 radical (unpaired) electrons. The first kappa shape index (κ1) is 28.3. The molecule has 0 saturated heterocycles. The molecule has 0 atom stereocenters. The predicted molar refractivity (Wildman–Crippen MR) is 218 cm³/mol. The van der Waals surface area contributed by atoms with Crippen molar-refractivity contribution in [3.8, 4) is 11.1 Å². The molecule has 0 aliphatic carbocycles. The first-order valence-corrected chi connectivity index (χ1v) is 17.7. The second kappa shape index (κ2) is 11.0. The smallest absolute Gasteiger partial charge is 0.252 e. The molecule has 9 aromatic rings. The number of para-hydroxylation sites is 4. The van der Waals surface area contributed by atoms with Crippen LogP contribution in [0.2, 0.25) is 0 Å². The number of benzene rings is 9. The number of nitrogens with zero attached hydrogens (tertiary/aromatic N) is 2. The number of rotatable bonds is 3. The van der Waals surface area contributed by atoms with E-state index in [4.69, 9.17) is 0 Å². The Morgan fingerprint density at radius 3 is 1.41 bits per heavy atom. The van der Waals surface area contributed by atoms with Gasteiger partial charge in [0, 0.05) is 34.0 Å². The molecular weight excluding hydrogens is 615 g/mol. The Labute approximate surface area is 297 Å². The molecule has 0 spiro atoms. The average molecular weight is 647 g/mol. The van der Waals surface area contributed by atoms with Gasteiger partial charge in [0.15, 0.2) is 0 Å². The molecule has 0 bridgehead atoms. The van der Waals surface area contributed by atoms with E-state index >= 15 is 0 Å². The van der Waals surface area contributed by atoms with Crippen molar-refractivity contribution in [2.75, 3.05) is 9.80 Å². The van der Waals surface area contributed by atoms with Crippen molar-refractivity contribution in [1.82, 2.24) is 0 Å². The molecule has 0 unspecified atom stereocenters. The minimum atomic E-state index is 0.111. The molecule has 0 amide bonds. The average Bonchev–Trinajstić information content (AvgIpc) is 3.21. The number of hydrogen-bond acceptors (Lipinski definition) is 2. The van der Waals surface area contributed by atoms with Crippen molar-refractivity contribution in [3.63, 3.8) is 0 Å². The van der Waals surface area contributed by atoms with Crippen LogP contribution in [0.1, 0.15) is 0 Å². The lowest BCUT2D eigenvalue weighted by atomic mass is 9.33. The highest BCUT2D eigenvalue weighted by molar-refractivity contribution is 7.00. The summed E-state index contributed by atoms with van der Waals surface area (Å²) in [5.74, 6) is 0. The van der Waals surface area contributed by atoms with E-state index in [0.717, 1.165) is 5.69 Å². The molecular formula is C48H31BN2. The Hall–Kier alpha value is -6.58. The van der Waals surface area contributed by atoms with E-state index in [-0.39, 0.29) is 6.71 Å². The largest absolute Gasteiger partial charge is 0.311 e. The normalized spacial score (nSPS) is 13.0. The second-order valence-electron chi connectivity index (χ2n) is 13.6. The zero-order chi connectivity index (χ0) is 33.5. The van der Waals surface area contributed by atoms with Crippen LogP contribution < -0.4 is 26.2 Å². The summed E-state index contributed by atoms with van der Waals surface area (Å²) in [6.45, 7) is 0.111. The molecule has 0 saturated carbocycles. The summed E-state index contributed by atoms with van der Waals surface area (Å²) in [5, 5.41) is 7.72. The molecule has 2 aliphatic rings. The van der Waals surface area contributed by atoms with Gasteiger partial charge >= 0.3 is 0 Å². The van der Waals surface area contributed by atoms with E-state index in [1.54, 1.807) is 0 Å². The highest BCUT2D eigenvalue weighted by Gasteiger charge is 2.43. The fourth-order valence-electron chi connectivity index (χ4n) is 9.03. The summed E-state index contributed by atoms with van der Waals surface area (Å²) in [4.78, 5) is 4.98. The van der Waals surface area contributed by atoms with Gasteiger partial charge in [-0.25, -0.2) is 0 Å². The second-order valence-corrected chi connectivity index (χ2v) is 13.6. The molecule has 51 heavy (non-hydrogen) atoms.